The minimum atomic E-state index is -3.72. The number of nitrogens with one attached hydrogen (secondary N) is 1. The molecule has 3 aromatic carbocycles. The minimum absolute atomic E-state index is 0.120. The van der Waals surface area contributed by atoms with Gasteiger partial charge in [-0.15, -0.1) is 6.58 Å². The molecule has 31 heavy (non-hydrogen) atoms. The molecule has 0 unspecified atom stereocenters. The Morgan fingerprint density at radius 3 is 2.65 bits per heavy atom. The highest BCUT2D eigenvalue weighted by Crippen LogP contribution is 2.43. The van der Waals surface area contributed by atoms with Crippen molar-refractivity contribution < 1.29 is 17.9 Å². The first-order valence-corrected chi connectivity index (χ1v) is 11.2. The van der Waals surface area contributed by atoms with Gasteiger partial charge in [-0.25, -0.2) is 8.42 Å². The Morgan fingerprint density at radius 1 is 1.13 bits per heavy atom. The highest BCUT2D eigenvalue weighted by molar-refractivity contribution is 7.93. The van der Waals surface area contributed by atoms with E-state index in [0.717, 1.165) is 0 Å². The van der Waals surface area contributed by atoms with Gasteiger partial charge in [0.25, 0.3) is 15.9 Å². The van der Waals surface area contributed by atoms with Gasteiger partial charge in [0, 0.05) is 21.7 Å². The van der Waals surface area contributed by atoms with Gasteiger partial charge in [-0.2, -0.15) is 0 Å². The molecule has 0 aromatic heterocycles. The van der Waals surface area contributed by atoms with Gasteiger partial charge in [-0.3, -0.25) is 9.10 Å². The maximum atomic E-state index is 13.1. The number of hydrogen-bond donors (Lipinski definition) is 1. The van der Waals surface area contributed by atoms with Gasteiger partial charge in [0.15, 0.2) is 0 Å². The van der Waals surface area contributed by atoms with Gasteiger partial charge in [0.2, 0.25) is 0 Å². The quantitative estimate of drug-likeness (QED) is 0.553. The third-order valence-corrected chi connectivity index (χ3v) is 7.05. The van der Waals surface area contributed by atoms with Crippen LogP contribution in [0.4, 0.5) is 11.4 Å². The molecule has 0 atom stereocenters. The Bertz CT molecular complexity index is 1300. The Hall–Kier alpha value is -3.29. The van der Waals surface area contributed by atoms with Crippen molar-refractivity contribution >= 4 is 38.9 Å². The monoisotopic (exact) mass is 454 g/mol. The summed E-state index contributed by atoms with van der Waals surface area (Å²) in [6.07, 6.45) is 1.53. The molecule has 0 bridgehead atoms. The van der Waals surface area contributed by atoms with Crippen molar-refractivity contribution in [1.29, 1.82) is 0 Å². The first-order chi connectivity index (χ1) is 14.9. The molecule has 0 saturated carbocycles. The van der Waals surface area contributed by atoms with Crippen LogP contribution in [-0.2, 0) is 10.0 Å². The third kappa shape index (κ3) is 3.66. The second-order valence-corrected chi connectivity index (χ2v) is 9.12. The van der Waals surface area contributed by atoms with Crippen LogP contribution in [0.2, 0.25) is 5.02 Å². The molecule has 0 radical (unpaired) electrons. The van der Waals surface area contributed by atoms with Crippen LogP contribution in [0.1, 0.15) is 10.4 Å². The zero-order chi connectivity index (χ0) is 22.2. The van der Waals surface area contributed by atoms with Crippen LogP contribution in [0, 0.1) is 0 Å². The van der Waals surface area contributed by atoms with Gasteiger partial charge in [0.1, 0.15) is 5.75 Å². The number of rotatable bonds is 5. The number of benzene rings is 3. The molecular weight excluding hydrogens is 436 g/mol. The highest BCUT2D eigenvalue weighted by atomic mass is 35.5. The zero-order valence-corrected chi connectivity index (χ0v) is 18.2. The lowest BCUT2D eigenvalue weighted by atomic mass is 10.00. The summed E-state index contributed by atoms with van der Waals surface area (Å²) in [5.74, 6) is 0.105. The summed E-state index contributed by atoms with van der Waals surface area (Å²) in [6, 6.07) is 16.6. The topological polar surface area (TPSA) is 75.7 Å². The van der Waals surface area contributed by atoms with E-state index in [1.54, 1.807) is 60.7 Å². The van der Waals surface area contributed by atoms with Crippen molar-refractivity contribution in [3.8, 4) is 16.9 Å². The number of methoxy groups -OCH3 is 1. The Kier molecular flexibility index (Phi) is 5.47. The number of ether oxygens (including phenoxy) is 1. The van der Waals surface area contributed by atoms with Crippen molar-refractivity contribution in [1.82, 2.24) is 0 Å². The lowest BCUT2D eigenvalue weighted by Crippen LogP contribution is -2.34. The zero-order valence-electron chi connectivity index (χ0n) is 16.6. The summed E-state index contributed by atoms with van der Waals surface area (Å²) in [7, 11) is -2.22. The third-order valence-electron chi connectivity index (χ3n) is 4.98. The van der Waals surface area contributed by atoms with Crippen LogP contribution < -0.4 is 14.4 Å². The van der Waals surface area contributed by atoms with Gasteiger partial charge in [-0.1, -0.05) is 35.9 Å². The highest BCUT2D eigenvalue weighted by Gasteiger charge is 2.34. The molecule has 3 aromatic rings. The lowest BCUT2D eigenvalue weighted by molar-refractivity contribution is 0.102. The largest absolute Gasteiger partial charge is 0.495 e. The van der Waals surface area contributed by atoms with Crippen LogP contribution in [0.5, 0.6) is 5.75 Å². The van der Waals surface area contributed by atoms with E-state index in [9.17, 15) is 13.2 Å². The number of fused-ring (bicyclic) bond motifs is 3. The molecule has 0 fully saturated rings. The first-order valence-electron chi connectivity index (χ1n) is 9.39. The van der Waals surface area contributed by atoms with Gasteiger partial charge >= 0.3 is 0 Å². The average Bonchev–Trinajstić information content (AvgIpc) is 2.76. The Morgan fingerprint density at radius 2 is 1.90 bits per heavy atom. The second-order valence-electron chi connectivity index (χ2n) is 6.85. The SMILES string of the molecule is C=CCN1c2ccc(C(=O)Nc3cc(Cl)ccc3OC)cc2-c2ccccc2S1(=O)=O. The number of halogens is 1. The molecular formula is C23H19ClN2O4S. The fraction of sp³-hybridized carbons (Fsp3) is 0.0870. The fourth-order valence-corrected chi connectivity index (χ4v) is 5.39. The van der Waals surface area contributed by atoms with E-state index >= 15 is 0 Å². The van der Waals surface area contributed by atoms with E-state index in [-0.39, 0.29) is 17.3 Å². The maximum absolute atomic E-state index is 13.1. The Balaban J connectivity index is 1.79. The van der Waals surface area contributed by atoms with E-state index in [4.69, 9.17) is 16.3 Å². The molecule has 1 aliphatic rings. The van der Waals surface area contributed by atoms with E-state index in [1.807, 2.05) is 0 Å². The molecule has 1 N–H and O–H groups in total. The van der Waals surface area contributed by atoms with E-state index in [0.29, 0.717) is 38.8 Å². The number of hydrogen-bond acceptors (Lipinski definition) is 4. The van der Waals surface area contributed by atoms with E-state index < -0.39 is 10.0 Å². The smallest absolute Gasteiger partial charge is 0.265 e. The van der Waals surface area contributed by atoms with Crippen LogP contribution in [-0.4, -0.2) is 28.0 Å². The summed E-state index contributed by atoms with van der Waals surface area (Å²) in [4.78, 5) is 13.2. The second kappa shape index (κ2) is 8.09. The molecule has 1 aliphatic heterocycles. The fourth-order valence-electron chi connectivity index (χ4n) is 3.56. The summed E-state index contributed by atoms with van der Waals surface area (Å²) < 4.78 is 32.8. The molecule has 0 aliphatic carbocycles. The molecule has 0 saturated heterocycles. The van der Waals surface area contributed by atoms with E-state index in [1.165, 1.54) is 17.5 Å². The van der Waals surface area contributed by atoms with Crippen LogP contribution >= 0.6 is 11.6 Å². The van der Waals surface area contributed by atoms with Crippen LogP contribution in [0.25, 0.3) is 11.1 Å². The molecule has 158 valence electrons. The van der Waals surface area contributed by atoms with Crippen LogP contribution in [0.3, 0.4) is 0 Å². The van der Waals surface area contributed by atoms with Crippen LogP contribution in [0.15, 0.2) is 78.2 Å². The van der Waals surface area contributed by atoms with Gasteiger partial charge in [0.05, 0.1) is 29.9 Å². The van der Waals surface area contributed by atoms with Gasteiger partial charge < -0.3 is 10.1 Å². The summed E-state index contributed by atoms with van der Waals surface area (Å²) in [5, 5.41) is 3.26. The predicted octanol–water partition coefficient (Wildman–Crippen LogP) is 4.96. The van der Waals surface area contributed by atoms with E-state index in [2.05, 4.69) is 11.9 Å². The molecule has 1 heterocycles. The number of amides is 1. The Labute approximate surface area is 185 Å². The maximum Gasteiger partial charge on any atom is 0.265 e. The molecule has 1 amide bonds. The summed E-state index contributed by atoms with van der Waals surface area (Å²) in [6.45, 7) is 3.79. The number of nitrogens with zero attached hydrogens (tertiary/aromatic N) is 1. The van der Waals surface area contributed by atoms with Crippen molar-refractivity contribution in [3.63, 3.8) is 0 Å². The van der Waals surface area contributed by atoms with Crippen molar-refractivity contribution in [2.45, 2.75) is 4.90 Å². The summed E-state index contributed by atoms with van der Waals surface area (Å²) in [5.41, 5.74) is 2.50. The van der Waals surface area contributed by atoms with Crippen molar-refractivity contribution in [2.24, 2.45) is 0 Å². The number of anilines is 2. The predicted molar refractivity (Wildman–Crippen MR) is 123 cm³/mol. The standard InChI is InChI=1S/C23H19ClN2O4S/c1-3-12-26-20-10-8-15(23(27)25-19-14-16(24)9-11-21(19)30-2)13-18(20)17-6-4-5-7-22(17)31(26,28)29/h3-11,13-14H,1,12H2,2H3,(H,25,27). The molecule has 6 nitrogen and oxygen atoms in total. The minimum Gasteiger partial charge on any atom is -0.495 e. The normalized spacial score (nSPS) is 13.7. The van der Waals surface area contributed by atoms with Gasteiger partial charge in [-0.05, 0) is 42.5 Å². The van der Waals surface area contributed by atoms with Crippen molar-refractivity contribution in [3.05, 3.63) is 83.9 Å². The number of sulfonamides is 1. The van der Waals surface area contributed by atoms with Crippen molar-refractivity contribution in [2.75, 3.05) is 23.3 Å². The average molecular weight is 455 g/mol. The summed E-state index contributed by atoms with van der Waals surface area (Å²) >= 11 is 6.05. The molecule has 8 heteroatoms. The molecule has 0 spiro atoms. The number of carbonyl (C=O) groups excluding carboxylic acids is 1. The lowest BCUT2D eigenvalue weighted by Gasteiger charge is -2.31. The first kappa shape index (κ1) is 21.0. The number of carbonyl (C=O) groups is 1. The molecule has 4 rings (SSSR count).